The number of hydrogen-bond donors (Lipinski definition) is 0. The number of hydrogen-bond acceptors (Lipinski definition) is 3. The monoisotopic (exact) mass is 706 g/mol. The van der Waals surface area contributed by atoms with Gasteiger partial charge in [-0.15, -0.1) is 0 Å². The van der Waals surface area contributed by atoms with Crippen LogP contribution in [-0.2, 0) is 0 Å². The summed E-state index contributed by atoms with van der Waals surface area (Å²) in [6.07, 6.45) is 0. The maximum atomic E-state index is 7.00. The second kappa shape index (κ2) is 10.5. The third kappa shape index (κ3) is 3.65. The first-order chi connectivity index (χ1) is 26.8. The number of nitrogens with zero attached hydrogens (tertiary/aromatic N) is 2. The van der Waals surface area contributed by atoms with E-state index in [0.29, 0.717) is 0 Å². The fraction of sp³-hybridized carbons (Fsp3) is 0. The third-order valence-electron chi connectivity index (χ3n) is 11.6. The second-order valence-corrected chi connectivity index (χ2v) is 15.4. The molecular weight excluding hydrogens is 679 g/mol. The van der Waals surface area contributed by atoms with Crippen LogP contribution in [0, 0.1) is 0 Å². The molecule has 0 amide bonds. The molecule has 8 aromatic carbocycles. The van der Waals surface area contributed by atoms with Crippen molar-refractivity contribution in [2.75, 3.05) is 0 Å². The second-order valence-electron chi connectivity index (χ2n) is 14.4. The van der Waals surface area contributed by atoms with E-state index in [0.717, 1.165) is 72.3 Å². The number of aromatic nitrogens is 2. The number of furan rings is 1. The lowest BCUT2D eigenvalue weighted by Crippen LogP contribution is -2.57. The lowest BCUT2D eigenvalue weighted by molar-refractivity contribution is 0.486. The van der Waals surface area contributed by atoms with Gasteiger partial charge in [-0.2, -0.15) is 0 Å². The molecule has 0 atom stereocenters. The van der Waals surface area contributed by atoms with Gasteiger partial charge in [0.15, 0.2) is 0 Å². The molecule has 2 aliphatic heterocycles. The summed E-state index contributed by atoms with van der Waals surface area (Å²) in [6.45, 7) is 0.107. The van der Waals surface area contributed by atoms with Gasteiger partial charge < -0.3 is 18.3 Å². The minimum Gasteiger partial charge on any atom is -0.458 e. The number of benzene rings is 8. The van der Waals surface area contributed by atoms with Gasteiger partial charge >= 0.3 is 0 Å². The molecule has 11 aromatic rings. The van der Waals surface area contributed by atoms with Gasteiger partial charge in [-0.1, -0.05) is 126 Å². The molecule has 54 heavy (non-hydrogen) atoms. The van der Waals surface area contributed by atoms with Gasteiger partial charge in [0.25, 0.3) is 6.71 Å². The van der Waals surface area contributed by atoms with E-state index >= 15 is 0 Å². The Kier molecular flexibility index (Phi) is 5.62. The fourth-order valence-electron chi connectivity index (χ4n) is 9.50. The smallest absolute Gasteiger partial charge is 0.253 e. The third-order valence-corrected chi connectivity index (χ3v) is 12.7. The van der Waals surface area contributed by atoms with Crippen LogP contribution < -0.4 is 21.1 Å². The molecule has 250 valence electrons. The summed E-state index contributed by atoms with van der Waals surface area (Å²) < 4.78 is 18.8. The molecule has 6 heteroatoms. The molecule has 5 heterocycles. The van der Waals surface area contributed by atoms with E-state index in [9.17, 15) is 0 Å². The first-order valence-electron chi connectivity index (χ1n) is 18.4. The highest BCUT2D eigenvalue weighted by molar-refractivity contribution is 8.00. The van der Waals surface area contributed by atoms with Crippen molar-refractivity contribution >= 4 is 100 Å². The lowest BCUT2D eigenvalue weighted by atomic mass is 9.35. The zero-order valence-electron chi connectivity index (χ0n) is 28.8. The topological polar surface area (TPSA) is 32.2 Å². The number of ether oxygens (including phenoxy) is 1. The Morgan fingerprint density at radius 2 is 1.07 bits per heavy atom. The van der Waals surface area contributed by atoms with Gasteiger partial charge in [0, 0.05) is 43.1 Å². The lowest BCUT2D eigenvalue weighted by Gasteiger charge is -2.33. The van der Waals surface area contributed by atoms with E-state index in [4.69, 9.17) is 9.15 Å². The number of para-hydroxylation sites is 5. The summed E-state index contributed by atoms with van der Waals surface area (Å²) in [5.41, 5.74) is 12.3. The molecule has 0 radical (unpaired) electrons. The van der Waals surface area contributed by atoms with Crippen LogP contribution in [0.3, 0.4) is 0 Å². The van der Waals surface area contributed by atoms with E-state index < -0.39 is 0 Å². The van der Waals surface area contributed by atoms with Crippen LogP contribution in [0.5, 0.6) is 11.5 Å². The van der Waals surface area contributed by atoms with Gasteiger partial charge in [-0.3, -0.25) is 0 Å². The van der Waals surface area contributed by atoms with E-state index in [-0.39, 0.29) is 6.71 Å². The molecule has 0 bridgehead atoms. The Labute approximate surface area is 313 Å². The zero-order chi connectivity index (χ0) is 35.1. The maximum absolute atomic E-state index is 7.00. The highest BCUT2D eigenvalue weighted by Crippen LogP contribution is 2.50. The SMILES string of the molecule is c1ccc(-n2c3ccccc3c3c4oc5ccccc5c4c4c(c5ccccc5n4-c4cc5c6c(c4)Sc4ccccc4B6c4ccccc4O5)c32)cc1. The van der Waals surface area contributed by atoms with Gasteiger partial charge in [-0.05, 0) is 59.5 Å². The molecule has 13 rings (SSSR count). The molecule has 0 spiro atoms. The van der Waals surface area contributed by atoms with Gasteiger partial charge in [-0.25, -0.2) is 0 Å². The summed E-state index contributed by atoms with van der Waals surface area (Å²) >= 11 is 1.84. The van der Waals surface area contributed by atoms with E-state index in [1.54, 1.807) is 0 Å². The molecule has 0 saturated heterocycles. The normalized spacial score (nSPS) is 13.2. The van der Waals surface area contributed by atoms with Gasteiger partial charge in [0.1, 0.15) is 22.7 Å². The van der Waals surface area contributed by atoms with Crippen molar-refractivity contribution in [1.82, 2.24) is 9.13 Å². The molecule has 3 aromatic heterocycles. The first kappa shape index (κ1) is 28.9. The molecular formula is C48H27BN2O2S. The van der Waals surface area contributed by atoms with Crippen molar-refractivity contribution in [2.24, 2.45) is 0 Å². The van der Waals surface area contributed by atoms with E-state index in [2.05, 4.69) is 173 Å². The van der Waals surface area contributed by atoms with Crippen LogP contribution in [0.4, 0.5) is 0 Å². The van der Waals surface area contributed by atoms with Crippen molar-refractivity contribution in [1.29, 1.82) is 0 Å². The largest absolute Gasteiger partial charge is 0.458 e. The van der Waals surface area contributed by atoms with Crippen LogP contribution in [0.2, 0.25) is 0 Å². The van der Waals surface area contributed by atoms with Crippen LogP contribution in [0.15, 0.2) is 178 Å². The summed E-state index contributed by atoms with van der Waals surface area (Å²) in [5, 5.41) is 6.92. The standard InChI is InChI=1S/C48H27BN2O2S/c1-2-14-28(15-3-1)50-36-22-10-5-17-31(36)43-46(50)42-30-16-4-9-21-35(30)51(47(42)44-32-18-6-11-23-37(32)53-48(43)44)29-26-39-45-41(27-29)54-40-25-13-8-20-34(40)49(45)33-19-7-12-24-38(33)52-39/h1-27H. The van der Waals surface area contributed by atoms with Crippen LogP contribution in [0.1, 0.15) is 0 Å². The molecule has 2 aliphatic rings. The molecule has 0 fully saturated rings. The average Bonchev–Trinajstić information content (AvgIpc) is 3.89. The Morgan fingerprint density at radius 3 is 1.89 bits per heavy atom. The Balaban J connectivity index is 1.24. The molecule has 0 saturated carbocycles. The summed E-state index contributed by atoms with van der Waals surface area (Å²) in [6, 6.07) is 58.9. The predicted molar refractivity (Wildman–Crippen MR) is 224 cm³/mol. The van der Waals surface area contributed by atoms with Crippen LogP contribution >= 0.6 is 11.8 Å². The fourth-order valence-corrected chi connectivity index (χ4v) is 10.7. The van der Waals surface area contributed by atoms with Crippen molar-refractivity contribution in [3.05, 3.63) is 164 Å². The average molecular weight is 707 g/mol. The van der Waals surface area contributed by atoms with E-state index in [1.807, 2.05) is 11.8 Å². The minimum absolute atomic E-state index is 0.107. The summed E-state index contributed by atoms with van der Waals surface area (Å²) in [4.78, 5) is 2.51. The van der Waals surface area contributed by atoms with E-state index in [1.165, 1.54) is 42.3 Å². The van der Waals surface area contributed by atoms with Crippen molar-refractivity contribution < 1.29 is 9.15 Å². The molecule has 4 nitrogen and oxygen atoms in total. The first-order valence-corrected chi connectivity index (χ1v) is 19.2. The van der Waals surface area contributed by atoms with Crippen molar-refractivity contribution in [2.45, 2.75) is 9.79 Å². The Bertz CT molecular complexity index is 3340. The highest BCUT2D eigenvalue weighted by Gasteiger charge is 2.39. The molecule has 0 aliphatic carbocycles. The number of fused-ring (bicyclic) bond motifs is 16. The summed E-state index contributed by atoms with van der Waals surface area (Å²) in [5.74, 6) is 1.83. The number of rotatable bonds is 2. The Hall–Kier alpha value is -6.63. The quantitative estimate of drug-likeness (QED) is 0.168. The van der Waals surface area contributed by atoms with Crippen molar-refractivity contribution in [3.63, 3.8) is 0 Å². The maximum Gasteiger partial charge on any atom is 0.253 e. The minimum atomic E-state index is 0.107. The summed E-state index contributed by atoms with van der Waals surface area (Å²) in [7, 11) is 0. The molecule has 0 N–H and O–H groups in total. The van der Waals surface area contributed by atoms with Crippen LogP contribution in [-0.4, -0.2) is 15.8 Å². The van der Waals surface area contributed by atoms with Crippen molar-refractivity contribution in [3.8, 4) is 22.9 Å². The van der Waals surface area contributed by atoms with Gasteiger partial charge in [0.2, 0.25) is 0 Å². The predicted octanol–water partition coefficient (Wildman–Crippen LogP) is 10.9. The highest BCUT2D eigenvalue weighted by atomic mass is 32.2. The Morgan fingerprint density at radius 1 is 0.463 bits per heavy atom. The zero-order valence-corrected chi connectivity index (χ0v) is 29.6. The van der Waals surface area contributed by atoms with Gasteiger partial charge in [0.05, 0.1) is 38.5 Å². The molecule has 0 unspecified atom stereocenters. The van der Waals surface area contributed by atoms with Crippen LogP contribution in [0.25, 0.3) is 76.9 Å².